The SMILES string of the molecule is Cc1ccc(CC(=O)N2C[C@@H]3C(C(=O)NC4CCC4)=NO[C@@H]3C2)cc1. The number of amides is 2. The van der Waals surface area contributed by atoms with Crippen LogP contribution < -0.4 is 5.32 Å². The van der Waals surface area contributed by atoms with Crippen LogP contribution in [-0.2, 0) is 20.8 Å². The Kier molecular flexibility index (Phi) is 4.19. The molecule has 1 aromatic rings. The summed E-state index contributed by atoms with van der Waals surface area (Å²) >= 11 is 0. The summed E-state index contributed by atoms with van der Waals surface area (Å²) in [6, 6.07) is 8.27. The van der Waals surface area contributed by atoms with Crippen LogP contribution in [0.25, 0.3) is 0 Å². The van der Waals surface area contributed by atoms with E-state index in [4.69, 9.17) is 4.84 Å². The van der Waals surface area contributed by atoms with Crippen molar-refractivity contribution in [2.75, 3.05) is 13.1 Å². The number of oxime groups is 1. The third-order valence-corrected chi connectivity index (χ3v) is 5.41. The molecule has 2 fully saturated rings. The number of fused-ring (bicyclic) bond motifs is 1. The molecule has 6 heteroatoms. The van der Waals surface area contributed by atoms with E-state index in [1.807, 2.05) is 31.2 Å². The average molecular weight is 341 g/mol. The van der Waals surface area contributed by atoms with Crippen LogP contribution in [0.1, 0.15) is 30.4 Å². The lowest BCUT2D eigenvalue weighted by Crippen LogP contribution is -2.45. The number of benzene rings is 1. The molecule has 1 N–H and O–H groups in total. The normalized spacial score (nSPS) is 25.0. The maximum Gasteiger partial charge on any atom is 0.269 e. The number of carbonyl (C=O) groups excluding carboxylic acids is 2. The van der Waals surface area contributed by atoms with Crippen molar-refractivity contribution in [3.63, 3.8) is 0 Å². The molecule has 1 saturated heterocycles. The van der Waals surface area contributed by atoms with Gasteiger partial charge in [0.05, 0.1) is 18.9 Å². The first-order chi connectivity index (χ1) is 12.1. The largest absolute Gasteiger partial charge is 0.389 e. The molecule has 3 aliphatic rings. The van der Waals surface area contributed by atoms with Crippen molar-refractivity contribution in [2.24, 2.45) is 11.1 Å². The minimum absolute atomic E-state index is 0.0700. The molecular weight excluding hydrogens is 318 g/mol. The average Bonchev–Trinajstić information content (AvgIpc) is 3.13. The van der Waals surface area contributed by atoms with Crippen molar-refractivity contribution in [3.05, 3.63) is 35.4 Å². The minimum Gasteiger partial charge on any atom is -0.389 e. The molecule has 1 aromatic carbocycles. The molecule has 2 aliphatic heterocycles. The highest BCUT2D eigenvalue weighted by Gasteiger charge is 2.46. The lowest BCUT2D eigenvalue weighted by molar-refractivity contribution is -0.130. The highest BCUT2D eigenvalue weighted by atomic mass is 16.6. The smallest absolute Gasteiger partial charge is 0.269 e. The van der Waals surface area contributed by atoms with Crippen molar-refractivity contribution in [3.8, 4) is 0 Å². The Bertz CT molecular complexity index is 709. The fourth-order valence-electron chi connectivity index (χ4n) is 3.55. The van der Waals surface area contributed by atoms with Crippen LogP contribution >= 0.6 is 0 Å². The van der Waals surface area contributed by atoms with Gasteiger partial charge in [-0.15, -0.1) is 0 Å². The Morgan fingerprint density at radius 1 is 1.24 bits per heavy atom. The summed E-state index contributed by atoms with van der Waals surface area (Å²) < 4.78 is 0. The first-order valence-corrected chi connectivity index (χ1v) is 8.98. The Morgan fingerprint density at radius 2 is 2.00 bits per heavy atom. The molecule has 2 amide bonds. The van der Waals surface area contributed by atoms with Gasteiger partial charge in [0.25, 0.3) is 5.91 Å². The maximum atomic E-state index is 12.6. The van der Waals surface area contributed by atoms with Crippen molar-refractivity contribution in [1.82, 2.24) is 10.2 Å². The second-order valence-corrected chi connectivity index (χ2v) is 7.29. The van der Waals surface area contributed by atoms with Crippen molar-refractivity contribution < 1.29 is 14.4 Å². The van der Waals surface area contributed by atoms with Crippen LogP contribution in [0.5, 0.6) is 0 Å². The molecule has 0 radical (unpaired) electrons. The summed E-state index contributed by atoms with van der Waals surface area (Å²) in [5.41, 5.74) is 2.63. The van der Waals surface area contributed by atoms with Gasteiger partial charge in [0.2, 0.25) is 5.91 Å². The van der Waals surface area contributed by atoms with Crippen molar-refractivity contribution >= 4 is 17.5 Å². The Labute approximate surface area is 147 Å². The van der Waals surface area contributed by atoms with Crippen molar-refractivity contribution in [1.29, 1.82) is 0 Å². The predicted molar refractivity (Wildman–Crippen MR) is 93.0 cm³/mol. The van der Waals surface area contributed by atoms with Crippen LogP contribution in [0.2, 0.25) is 0 Å². The van der Waals surface area contributed by atoms with E-state index in [-0.39, 0.29) is 29.9 Å². The first-order valence-electron chi connectivity index (χ1n) is 8.98. The molecule has 0 bridgehead atoms. The summed E-state index contributed by atoms with van der Waals surface area (Å²) in [5.74, 6) is -0.173. The molecule has 0 unspecified atom stereocenters. The van der Waals surface area contributed by atoms with Gasteiger partial charge in [-0.2, -0.15) is 0 Å². The van der Waals surface area contributed by atoms with Gasteiger partial charge in [-0.3, -0.25) is 9.59 Å². The first kappa shape index (κ1) is 16.1. The molecule has 4 rings (SSSR count). The maximum absolute atomic E-state index is 12.6. The summed E-state index contributed by atoms with van der Waals surface area (Å²) in [6.45, 7) is 3.03. The number of hydrogen-bond donors (Lipinski definition) is 1. The number of nitrogens with zero attached hydrogens (tertiary/aromatic N) is 2. The van der Waals surface area contributed by atoms with E-state index >= 15 is 0 Å². The zero-order chi connectivity index (χ0) is 17.4. The van der Waals surface area contributed by atoms with Crippen LogP contribution in [0.4, 0.5) is 0 Å². The van der Waals surface area contributed by atoms with Gasteiger partial charge in [0, 0.05) is 12.6 Å². The topological polar surface area (TPSA) is 71.0 Å². The van der Waals surface area contributed by atoms with Crippen LogP contribution in [0.15, 0.2) is 29.4 Å². The van der Waals surface area contributed by atoms with Crippen LogP contribution in [0.3, 0.4) is 0 Å². The monoisotopic (exact) mass is 341 g/mol. The number of likely N-dealkylation sites (tertiary alicyclic amines) is 1. The number of carbonyl (C=O) groups is 2. The Hall–Kier alpha value is -2.37. The third kappa shape index (κ3) is 3.25. The molecule has 1 saturated carbocycles. The van der Waals surface area contributed by atoms with E-state index in [9.17, 15) is 9.59 Å². The quantitative estimate of drug-likeness (QED) is 0.900. The zero-order valence-electron chi connectivity index (χ0n) is 14.4. The molecule has 1 aliphatic carbocycles. The van der Waals surface area contributed by atoms with E-state index in [1.54, 1.807) is 4.90 Å². The van der Waals surface area contributed by atoms with Gasteiger partial charge in [-0.05, 0) is 31.7 Å². The standard InChI is InChI=1S/C19H23N3O3/c1-12-5-7-13(8-6-12)9-17(23)22-10-15-16(11-22)25-21-18(15)19(24)20-14-3-2-4-14/h5-8,14-16H,2-4,9-11H2,1H3,(H,20,24)/t15-,16+/m0/s1. The lowest BCUT2D eigenvalue weighted by Gasteiger charge is -2.26. The molecule has 2 heterocycles. The van der Waals surface area contributed by atoms with Gasteiger partial charge in [-0.25, -0.2) is 0 Å². The molecule has 25 heavy (non-hydrogen) atoms. The number of rotatable bonds is 4. The number of aryl methyl sites for hydroxylation is 1. The second kappa shape index (κ2) is 6.50. The van der Waals surface area contributed by atoms with E-state index in [1.165, 1.54) is 12.0 Å². The Morgan fingerprint density at radius 3 is 2.68 bits per heavy atom. The molecule has 0 spiro atoms. The Balaban J connectivity index is 1.35. The van der Waals surface area contributed by atoms with E-state index in [2.05, 4.69) is 10.5 Å². The van der Waals surface area contributed by atoms with E-state index in [0.29, 0.717) is 25.2 Å². The van der Waals surface area contributed by atoms with Crippen LogP contribution in [-0.4, -0.2) is 47.7 Å². The van der Waals surface area contributed by atoms with Gasteiger partial charge in [-0.1, -0.05) is 35.0 Å². The fourth-order valence-corrected chi connectivity index (χ4v) is 3.55. The van der Waals surface area contributed by atoms with Gasteiger partial charge < -0.3 is 15.1 Å². The summed E-state index contributed by atoms with van der Waals surface area (Å²) in [5, 5.41) is 6.99. The molecular formula is C19H23N3O3. The molecule has 132 valence electrons. The summed E-state index contributed by atoms with van der Waals surface area (Å²) in [4.78, 5) is 32.2. The highest BCUT2D eigenvalue weighted by molar-refractivity contribution is 6.40. The van der Waals surface area contributed by atoms with Gasteiger partial charge >= 0.3 is 0 Å². The number of nitrogens with one attached hydrogen (secondary N) is 1. The molecule has 2 atom stereocenters. The number of hydrogen-bond acceptors (Lipinski definition) is 4. The van der Waals surface area contributed by atoms with Gasteiger partial charge in [0.1, 0.15) is 0 Å². The highest BCUT2D eigenvalue weighted by Crippen LogP contribution is 2.28. The fraction of sp³-hybridized carbons (Fsp3) is 0.526. The lowest BCUT2D eigenvalue weighted by atomic mass is 9.92. The molecule has 0 aromatic heterocycles. The summed E-state index contributed by atoms with van der Waals surface area (Å²) in [7, 11) is 0. The third-order valence-electron chi connectivity index (χ3n) is 5.41. The second-order valence-electron chi connectivity index (χ2n) is 7.29. The predicted octanol–water partition coefficient (Wildman–Crippen LogP) is 1.42. The van der Waals surface area contributed by atoms with Gasteiger partial charge in [0.15, 0.2) is 11.8 Å². The van der Waals surface area contributed by atoms with Crippen LogP contribution in [0, 0.1) is 12.8 Å². The zero-order valence-corrected chi connectivity index (χ0v) is 14.4. The van der Waals surface area contributed by atoms with E-state index in [0.717, 1.165) is 18.4 Å². The summed E-state index contributed by atoms with van der Waals surface area (Å²) in [6.07, 6.45) is 3.43. The van der Waals surface area contributed by atoms with E-state index < -0.39 is 0 Å². The minimum atomic E-state index is -0.191. The van der Waals surface area contributed by atoms with Crippen molar-refractivity contribution in [2.45, 2.75) is 44.8 Å². The molecule has 6 nitrogen and oxygen atoms in total.